The molecule has 2 N–H and O–H groups in total. The lowest BCUT2D eigenvalue weighted by Crippen LogP contribution is -2.46. The quantitative estimate of drug-likeness (QED) is 0.705. The van der Waals surface area contributed by atoms with Gasteiger partial charge >= 0.3 is 0 Å². The molecule has 108 valence electrons. The van der Waals surface area contributed by atoms with Gasteiger partial charge in [-0.05, 0) is 39.3 Å². The fraction of sp³-hybridized carbons (Fsp3) is 0.846. The second kappa shape index (κ2) is 6.86. The van der Waals surface area contributed by atoms with Crippen LogP contribution >= 0.6 is 0 Å². The van der Waals surface area contributed by atoms with Gasteiger partial charge in [0.25, 0.3) is 0 Å². The molecule has 0 radical (unpaired) electrons. The molecule has 2 heterocycles. The summed E-state index contributed by atoms with van der Waals surface area (Å²) in [7, 11) is 1.94. The molecule has 2 aliphatic heterocycles. The van der Waals surface area contributed by atoms with E-state index in [0.29, 0.717) is 6.54 Å². The maximum atomic E-state index is 11.9. The highest BCUT2D eigenvalue weighted by molar-refractivity contribution is 5.87. The van der Waals surface area contributed by atoms with Crippen LogP contribution in [-0.2, 0) is 14.3 Å². The van der Waals surface area contributed by atoms with Crippen LogP contribution in [0.5, 0.6) is 0 Å². The number of hydrogen-bond donors (Lipinski definition) is 2. The molecule has 0 aromatic carbocycles. The van der Waals surface area contributed by atoms with Gasteiger partial charge < -0.3 is 15.4 Å². The molecule has 0 aromatic rings. The van der Waals surface area contributed by atoms with Crippen molar-refractivity contribution in [2.75, 3.05) is 33.3 Å². The van der Waals surface area contributed by atoms with Crippen LogP contribution in [-0.4, -0.2) is 62.1 Å². The second-order valence-electron chi connectivity index (χ2n) is 5.30. The molecule has 0 spiro atoms. The van der Waals surface area contributed by atoms with E-state index in [1.165, 1.54) is 0 Å². The summed E-state index contributed by atoms with van der Waals surface area (Å²) in [4.78, 5) is 25.5. The Bertz CT molecular complexity index is 329. The summed E-state index contributed by atoms with van der Waals surface area (Å²) < 4.78 is 5.42. The monoisotopic (exact) mass is 269 g/mol. The standard InChI is InChI=1S/C13H23N3O3/c1-16-6-2-5-11(16)13(18)15-9-12(17)14-8-10-4-3-7-19-10/h10-11H,2-9H2,1H3,(H,14,17)(H,15,18). The number of carbonyl (C=O) groups is 2. The van der Waals surface area contributed by atoms with Crippen molar-refractivity contribution in [2.45, 2.75) is 37.8 Å². The second-order valence-corrected chi connectivity index (χ2v) is 5.30. The fourth-order valence-corrected chi connectivity index (χ4v) is 2.62. The van der Waals surface area contributed by atoms with Gasteiger partial charge in [-0.2, -0.15) is 0 Å². The van der Waals surface area contributed by atoms with Crippen molar-refractivity contribution < 1.29 is 14.3 Å². The molecule has 0 saturated carbocycles. The van der Waals surface area contributed by atoms with Crippen LogP contribution in [0.3, 0.4) is 0 Å². The predicted molar refractivity (Wildman–Crippen MR) is 70.6 cm³/mol. The number of hydrogen-bond acceptors (Lipinski definition) is 4. The lowest BCUT2D eigenvalue weighted by molar-refractivity contribution is -0.128. The molecule has 2 amide bonds. The first-order valence-corrected chi connectivity index (χ1v) is 7.03. The molecular formula is C13H23N3O3. The van der Waals surface area contributed by atoms with Gasteiger partial charge in [-0.3, -0.25) is 14.5 Å². The van der Waals surface area contributed by atoms with Crippen LogP contribution in [0.25, 0.3) is 0 Å². The molecule has 0 bridgehead atoms. The maximum absolute atomic E-state index is 11.9. The highest BCUT2D eigenvalue weighted by atomic mass is 16.5. The minimum Gasteiger partial charge on any atom is -0.376 e. The number of nitrogens with zero attached hydrogens (tertiary/aromatic N) is 1. The van der Waals surface area contributed by atoms with Crippen molar-refractivity contribution >= 4 is 11.8 Å². The number of nitrogens with one attached hydrogen (secondary N) is 2. The number of likely N-dealkylation sites (N-methyl/N-ethyl adjacent to an activating group) is 1. The smallest absolute Gasteiger partial charge is 0.239 e. The first-order chi connectivity index (χ1) is 9.16. The van der Waals surface area contributed by atoms with E-state index in [1.807, 2.05) is 11.9 Å². The van der Waals surface area contributed by atoms with Crippen molar-refractivity contribution in [1.29, 1.82) is 0 Å². The summed E-state index contributed by atoms with van der Waals surface area (Å²) >= 11 is 0. The van der Waals surface area contributed by atoms with Crippen LogP contribution in [0.4, 0.5) is 0 Å². The molecule has 19 heavy (non-hydrogen) atoms. The third kappa shape index (κ3) is 4.18. The van der Waals surface area contributed by atoms with Crippen molar-refractivity contribution in [3.63, 3.8) is 0 Å². The molecule has 6 nitrogen and oxygen atoms in total. The minimum absolute atomic E-state index is 0.0488. The molecule has 2 fully saturated rings. The largest absolute Gasteiger partial charge is 0.376 e. The maximum Gasteiger partial charge on any atom is 0.239 e. The molecule has 2 atom stereocenters. The SMILES string of the molecule is CN1CCCC1C(=O)NCC(=O)NCC1CCCO1. The van der Waals surface area contributed by atoms with Crippen LogP contribution in [0.1, 0.15) is 25.7 Å². The number of carbonyl (C=O) groups excluding carboxylic acids is 2. The van der Waals surface area contributed by atoms with Gasteiger partial charge in [0.1, 0.15) is 0 Å². The molecule has 6 heteroatoms. The van der Waals surface area contributed by atoms with Crippen molar-refractivity contribution in [3.8, 4) is 0 Å². The van der Waals surface area contributed by atoms with Crippen LogP contribution < -0.4 is 10.6 Å². The Kier molecular flexibility index (Phi) is 5.15. The lowest BCUT2D eigenvalue weighted by atomic mass is 10.2. The molecule has 0 aliphatic carbocycles. The topological polar surface area (TPSA) is 70.7 Å². The average molecular weight is 269 g/mol. The first-order valence-electron chi connectivity index (χ1n) is 7.03. The average Bonchev–Trinajstić information content (AvgIpc) is 3.04. The highest BCUT2D eigenvalue weighted by Gasteiger charge is 2.27. The van der Waals surface area contributed by atoms with Crippen LogP contribution in [0.15, 0.2) is 0 Å². The van der Waals surface area contributed by atoms with Crippen molar-refractivity contribution in [2.24, 2.45) is 0 Å². The Labute approximate surface area is 113 Å². The summed E-state index contributed by atoms with van der Waals surface area (Å²) in [5.74, 6) is -0.197. The zero-order valence-corrected chi connectivity index (χ0v) is 11.5. The van der Waals surface area contributed by atoms with Gasteiger partial charge in [-0.15, -0.1) is 0 Å². The zero-order chi connectivity index (χ0) is 13.7. The van der Waals surface area contributed by atoms with Crippen molar-refractivity contribution in [1.82, 2.24) is 15.5 Å². The predicted octanol–water partition coefficient (Wildman–Crippen LogP) is -0.508. The minimum atomic E-state index is -0.149. The van der Waals surface area contributed by atoms with E-state index in [4.69, 9.17) is 4.74 Å². The summed E-state index contributed by atoms with van der Waals surface area (Å²) in [6.45, 7) is 2.32. The third-order valence-electron chi connectivity index (χ3n) is 3.80. The van der Waals surface area contributed by atoms with E-state index in [-0.39, 0.29) is 30.5 Å². The first kappa shape index (κ1) is 14.3. The number of likely N-dealkylation sites (tertiary alicyclic amines) is 1. The van der Waals surface area contributed by atoms with Crippen LogP contribution in [0.2, 0.25) is 0 Å². The Hall–Kier alpha value is -1.14. The van der Waals surface area contributed by atoms with E-state index >= 15 is 0 Å². The molecule has 2 saturated heterocycles. The van der Waals surface area contributed by atoms with E-state index in [1.54, 1.807) is 0 Å². The Morgan fingerprint density at radius 3 is 2.74 bits per heavy atom. The van der Waals surface area contributed by atoms with E-state index in [2.05, 4.69) is 10.6 Å². The number of rotatable bonds is 5. The Morgan fingerprint density at radius 2 is 2.11 bits per heavy atom. The molecular weight excluding hydrogens is 246 g/mol. The summed E-state index contributed by atoms with van der Waals surface area (Å²) in [6.07, 6.45) is 4.12. The van der Waals surface area contributed by atoms with E-state index in [9.17, 15) is 9.59 Å². The van der Waals surface area contributed by atoms with Gasteiger partial charge in [0, 0.05) is 13.2 Å². The van der Waals surface area contributed by atoms with Gasteiger partial charge in [-0.1, -0.05) is 0 Å². The van der Waals surface area contributed by atoms with Gasteiger partial charge in [-0.25, -0.2) is 0 Å². The third-order valence-corrected chi connectivity index (χ3v) is 3.80. The lowest BCUT2D eigenvalue weighted by Gasteiger charge is -2.18. The number of amides is 2. The zero-order valence-electron chi connectivity index (χ0n) is 11.5. The van der Waals surface area contributed by atoms with Gasteiger partial charge in [0.2, 0.25) is 11.8 Å². The molecule has 0 aromatic heterocycles. The summed E-state index contributed by atoms with van der Waals surface area (Å²) in [5, 5.41) is 5.49. The Morgan fingerprint density at radius 1 is 1.26 bits per heavy atom. The number of ether oxygens (including phenoxy) is 1. The van der Waals surface area contributed by atoms with Crippen molar-refractivity contribution in [3.05, 3.63) is 0 Å². The molecule has 2 rings (SSSR count). The Balaban J connectivity index is 1.61. The molecule has 2 unspecified atom stereocenters. The van der Waals surface area contributed by atoms with E-state index < -0.39 is 0 Å². The van der Waals surface area contributed by atoms with Gasteiger partial charge in [0.05, 0.1) is 18.7 Å². The normalized spacial score (nSPS) is 27.4. The van der Waals surface area contributed by atoms with E-state index in [0.717, 1.165) is 38.8 Å². The van der Waals surface area contributed by atoms with Crippen LogP contribution in [0, 0.1) is 0 Å². The summed E-state index contributed by atoms with van der Waals surface area (Å²) in [5.41, 5.74) is 0. The van der Waals surface area contributed by atoms with Gasteiger partial charge in [0.15, 0.2) is 0 Å². The molecule has 2 aliphatic rings. The highest BCUT2D eigenvalue weighted by Crippen LogP contribution is 2.14. The fourth-order valence-electron chi connectivity index (χ4n) is 2.62. The summed E-state index contributed by atoms with van der Waals surface area (Å²) in [6, 6.07) is -0.0778.